The van der Waals surface area contributed by atoms with E-state index in [4.69, 9.17) is 4.74 Å². The summed E-state index contributed by atoms with van der Waals surface area (Å²) in [6.45, 7) is 3.25. The van der Waals surface area contributed by atoms with Crippen LogP contribution in [0.25, 0.3) is 0 Å². The Morgan fingerprint density at radius 2 is 1.88 bits per heavy atom. The maximum absolute atomic E-state index is 12.8. The van der Waals surface area contributed by atoms with Crippen molar-refractivity contribution in [2.45, 2.75) is 31.8 Å². The van der Waals surface area contributed by atoms with Crippen molar-refractivity contribution in [1.29, 1.82) is 0 Å². The lowest BCUT2D eigenvalue weighted by Crippen LogP contribution is -2.40. The Hall–Kier alpha value is -2.67. The summed E-state index contributed by atoms with van der Waals surface area (Å²) in [5.41, 5.74) is 1.62. The predicted molar refractivity (Wildman–Crippen MR) is 97.2 cm³/mol. The van der Waals surface area contributed by atoms with Gasteiger partial charge >= 0.3 is 0 Å². The summed E-state index contributed by atoms with van der Waals surface area (Å²) >= 11 is 0. The Morgan fingerprint density at radius 1 is 1.19 bits per heavy atom. The Morgan fingerprint density at radius 3 is 2.54 bits per heavy atom. The molecule has 0 bridgehead atoms. The van der Waals surface area contributed by atoms with Crippen LogP contribution in [0, 0.1) is 0 Å². The minimum atomic E-state index is -0.316. The van der Waals surface area contributed by atoms with E-state index in [9.17, 15) is 9.59 Å². The van der Waals surface area contributed by atoms with Gasteiger partial charge in [0, 0.05) is 32.4 Å². The summed E-state index contributed by atoms with van der Waals surface area (Å²) in [5, 5.41) is 9.99. The van der Waals surface area contributed by atoms with Gasteiger partial charge in [-0.25, -0.2) is 0 Å². The number of carbonyl (C=O) groups is 2. The first-order valence-corrected chi connectivity index (χ1v) is 8.85. The fraction of sp³-hybridized carbons (Fsp3) is 0.421. The van der Waals surface area contributed by atoms with E-state index >= 15 is 0 Å². The lowest BCUT2D eigenvalue weighted by atomic mass is 10.1. The van der Waals surface area contributed by atoms with E-state index < -0.39 is 0 Å². The Labute approximate surface area is 152 Å². The molecular formula is C19H24N4O3. The molecule has 1 aromatic carbocycles. The maximum atomic E-state index is 12.8. The van der Waals surface area contributed by atoms with Crippen LogP contribution in [0.4, 0.5) is 0 Å². The lowest BCUT2D eigenvalue weighted by Gasteiger charge is -2.23. The molecule has 1 aliphatic rings. The largest absolute Gasteiger partial charge is 0.381 e. The van der Waals surface area contributed by atoms with Gasteiger partial charge in [0.25, 0.3) is 11.8 Å². The zero-order valence-corrected chi connectivity index (χ0v) is 15.1. The summed E-state index contributed by atoms with van der Waals surface area (Å²) in [6, 6.07) is 11.2. The van der Waals surface area contributed by atoms with Crippen molar-refractivity contribution in [2.75, 3.05) is 20.3 Å². The number of nitrogens with zero attached hydrogens (tertiary/aromatic N) is 2. The van der Waals surface area contributed by atoms with Gasteiger partial charge in [-0.05, 0) is 25.3 Å². The van der Waals surface area contributed by atoms with Crippen molar-refractivity contribution >= 4 is 11.8 Å². The van der Waals surface area contributed by atoms with Crippen LogP contribution in [0.1, 0.15) is 52.3 Å². The molecule has 3 rings (SSSR count). The van der Waals surface area contributed by atoms with Gasteiger partial charge in [0.1, 0.15) is 5.69 Å². The van der Waals surface area contributed by atoms with Crippen LogP contribution in [-0.2, 0) is 4.74 Å². The second-order valence-corrected chi connectivity index (χ2v) is 6.39. The SMILES string of the molecule is CNC(=O)c1cc(C(=O)NC2CCOCC2)n(C(C)c2ccccc2)n1. The van der Waals surface area contributed by atoms with Crippen LogP contribution < -0.4 is 10.6 Å². The van der Waals surface area contributed by atoms with E-state index in [1.165, 1.54) is 0 Å². The monoisotopic (exact) mass is 356 g/mol. The molecule has 2 N–H and O–H groups in total. The molecule has 1 aliphatic heterocycles. The third-order valence-electron chi connectivity index (χ3n) is 4.63. The van der Waals surface area contributed by atoms with Crippen LogP contribution >= 0.6 is 0 Å². The molecule has 1 aromatic heterocycles. The molecule has 26 heavy (non-hydrogen) atoms. The fourth-order valence-electron chi connectivity index (χ4n) is 3.07. The summed E-state index contributed by atoms with van der Waals surface area (Å²) in [6.07, 6.45) is 1.58. The minimum Gasteiger partial charge on any atom is -0.381 e. The van der Waals surface area contributed by atoms with Gasteiger partial charge in [0.2, 0.25) is 0 Å². The number of ether oxygens (including phenoxy) is 1. The van der Waals surface area contributed by atoms with Gasteiger partial charge < -0.3 is 15.4 Å². The Balaban J connectivity index is 1.90. The standard InChI is InChI=1S/C19H24N4O3/c1-13(14-6-4-3-5-7-14)23-17(12-16(22-23)18(24)20-2)19(25)21-15-8-10-26-11-9-15/h3-7,12-13,15H,8-11H2,1-2H3,(H,20,24)(H,21,25). The molecular weight excluding hydrogens is 332 g/mol. The number of carbonyl (C=O) groups excluding carboxylic acids is 2. The molecule has 7 heteroatoms. The second-order valence-electron chi connectivity index (χ2n) is 6.39. The fourth-order valence-corrected chi connectivity index (χ4v) is 3.07. The average Bonchev–Trinajstić information content (AvgIpc) is 3.14. The van der Waals surface area contributed by atoms with Gasteiger partial charge in [0.15, 0.2) is 5.69 Å². The Kier molecular flexibility index (Phi) is 5.68. The molecule has 2 aromatic rings. The van der Waals surface area contributed by atoms with E-state index in [1.54, 1.807) is 17.8 Å². The highest BCUT2D eigenvalue weighted by atomic mass is 16.5. The Bertz CT molecular complexity index is 766. The topological polar surface area (TPSA) is 85.3 Å². The van der Waals surface area contributed by atoms with Crippen molar-refractivity contribution < 1.29 is 14.3 Å². The third kappa shape index (κ3) is 3.94. The van der Waals surface area contributed by atoms with Crippen molar-refractivity contribution in [2.24, 2.45) is 0 Å². The van der Waals surface area contributed by atoms with Crippen molar-refractivity contribution in [3.63, 3.8) is 0 Å². The van der Waals surface area contributed by atoms with E-state index in [-0.39, 0.29) is 29.6 Å². The molecule has 1 atom stereocenters. The smallest absolute Gasteiger partial charge is 0.271 e. The quantitative estimate of drug-likeness (QED) is 0.855. The number of amides is 2. The van der Waals surface area contributed by atoms with Gasteiger partial charge in [-0.1, -0.05) is 30.3 Å². The van der Waals surface area contributed by atoms with Crippen molar-refractivity contribution in [3.05, 3.63) is 53.3 Å². The summed E-state index contributed by atoms with van der Waals surface area (Å²) in [4.78, 5) is 24.9. The minimum absolute atomic E-state index is 0.0788. The normalized spacial score (nSPS) is 16.1. The van der Waals surface area contributed by atoms with Crippen LogP contribution in [0.2, 0.25) is 0 Å². The highest BCUT2D eigenvalue weighted by Crippen LogP contribution is 2.20. The number of hydrogen-bond acceptors (Lipinski definition) is 4. The van der Waals surface area contributed by atoms with Gasteiger partial charge in [0.05, 0.1) is 6.04 Å². The highest BCUT2D eigenvalue weighted by molar-refractivity contribution is 5.98. The van der Waals surface area contributed by atoms with Gasteiger partial charge in [-0.3, -0.25) is 14.3 Å². The molecule has 0 radical (unpaired) electrons. The first-order chi connectivity index (χ1) is 12.6. The molecule has 7 nitrogen and oxygen atoms in total. The molecule has 0 spiro atoms. The first kappa shape index (κ1) is 18.1. The number of benzene rings is 1. The second kappa shape index (κ2) is 8.14. The van der Waals surface area contributed by atoms with Crippen LogP contribution in [0.15, 0.2) is 36.4 Å². The van der Waals surface area contributed by atoms with E-state index in [1.807, 2.05) is 37.3 Å². The van der Waals surface area contributed by atoms with Crippen LogP contribution in [0.5, 0.6) is 0 Å². The summed E-state index contributed by atoms with van der Waals surface area (Å²) in [7, 11) is 1.55. The van der Waals surface area contributed by atoms with Gasteiger partial charge in [-0.2, -0.15) is 5.10 Å². The van der Waals surface area contributed by atoms with Crippen LogP contribution in [0.3, 0.4) is 0 Å². The lowest BCUT2D eigenvalue weighted by molar-refractivity contribution is 0.0691. The van der Waals surface area contributed by atoms with Crippen molar-refractivity contribution in [1.82, 2.24) is 20.4 Å². The number of nitrogens with one attached hydrogen (secondary N) is 2. The maximum Gasteiger partial charge on any atom is 0.271 e. The molecule has 1 unspecified atom stereocenters. The molecule has 0 aliphatic carbocycles. The van der Waals surface area contributed by atoms with E-state index in [0.717, 1.165) is 18.4 Å². The zero-order chi connectivity index (χ0) is 18.5. The number of aromatic nitrogens is 2. The number of rotatable bonds is 5. The molecule has 0 saturated carbocycles. The first-order valence-electron chi connectivity index (χ1n) is 8.85. The van der Waals surface area contributed by atoms with Crippen LogP contribution in [-0.4, -0.2) is 47.9 Å². The molecule has 1 fully saturated rings. The molecule has 2 amide bonds. The molecule has 138 valence electrons. The van der Waals surface area contributed by atoms with Gasteiger partial charge in [-0.15, -0.1) is 0 Å². The molecule has 1 saturated heterocycles. The van der Waals surface area contributed by atoms with E-state index in [2.05, 4.69) is 15.7 Å². The highest BCUT2D eigenvalue weighted by Gasteiger charge is 2.25. The van der Waals surface area contributed by atoms with Crippen molar-refractivity contribution in [3.8, 4) is 0 Å². The molecule has 2 heterocycles. The van der Waals surface area contributed by atoms with E-state index in [0.29, 0.717) is 18.9 Å². The zero-order valence-electron chi connectivity index (χ0n) is 15.1. The average molecular weight is 356 g/mol. The summed E-state index contributed by atoms with van der Waals surface area (Å²) in [5.74, 6) is -0.536. The number of hydrogen-bond donors (Lipinski definition) is 2. The predicted octanol–water partition coefficient (Wildman–Crippen LogP) is 1.76. The third-order valence-corrected chi connectivity index (χ3v) is 4.63. The summed E-state index contributed by atoms with van der Waals surface area (Å²) < 4.78 is 6.95.